The molecule has 1 amide bonds. The number of fused-ring (bicyclic) bond motifs is 1. The van der Waals surface area contributed by atoms with Crippen LogP contribution in [0.15, 0.2) is 28.3 Å². The highest BCUT2D eigenvalue weighted by Crippen LogP contribution is 2.36. The Bertz CT molecular complexity index is 713. The number of nitrogens with two attached hydrogens (primary N) is 3. The number of carbonyl (C=O) groups excluding carboxylic acids is 1. The monoisotopic (exact) mass is 302 g/mol. The Kier molecular flexibility index (Phi) is 3.30. The van der Waals surface area contributed by atoms with Gasteiger partial charge >= 0.3 is 0 Å². The molecule has 2 aromatic rings. The average Bonchev–Trinajstić information content (AvgIpc) is 2.38. The van der Waals surface area contributed by atoms with Gasteiger partial charge in [0.15, 0.2) is 5.16 Å². The number of rotatable bonds is 2. The number of nitrogen functional groups attached to an aromatic ring is 3. The van der Waals surface area contributed by atoms with Crippen LogP contribution in [0.1, 0.15) is 12.0 Å². The Morgan fingerprint density at radius 2 is 1.76 bits per heavy atom. The van der Waals surface area contributed by atoms with Gasteiger partial charge in [0.2, 0.25) is 5.91 Å². The SMILES string of the molecule is Nc1cc(N)nc(Sc2cc3c(cc2N)NC(=O)CC3)n1. The molecule has 0 radical (unpaired) electrons. The van der Waals surface area contributed by atoms with Gasteiger partial charge in [-0.2, -0.15) is 0 Å². The first-order valence-corrected chi connectivity index (χ1v) is 7.13. The lowest BCUT2D eigenvalue weighted by Crippen LogP contribution is -2.19. The molecule has 0 fully saturated rings. The van der Waals surface area contributed by atoms with Crippen molar-refractivity contribution in [3.05, 3.63) is 23.8 Å². The first-order chi connectivity index (χ1) is 10.0. The van der Waals surface area contributed by atoms with Crippen molar-refractivity contribution in [1.29, 1.82) is 0 Å². The molecule has 0 unspecified atom stereocenters. The fourth-order valence-electron chi connectivity index (χ4n) is 2.12. The molecule has 1 aromatic heterocycles. The van der Waals surface area contributed by atoms with Crippen molar-refractivity contribution in [2.75, 3.05) is 22.5 Å². The van der Waals surface area contributed by atoms with Gasteiger partial charge in [-0.15, -0.1) is 0 Å². The van der Waals surface area contributed by atoms with Gasteiger partial charge in [0.25, 0.3) is 0 Å². The molecule has 3 rings (SSSR count). The average molecular weight is 302 g/mol. The number of aromatic nitrogens is 2. The number of hydrogen-bond donors (Lipinski definition) is 4. The molecule has 1 aliphatic heterocycles. The van der Waals surface area contributed by atoms with Crippen molar-refractivity contribution in [2.24, 2.45) is 0 Å². The van der Waals surface area contributed by atoms with E-state index < -0.39 is 0 Å². The molecular weight excluding hydrogens is 288 g/mol. The van der Waals surface area contributed by atoms with E-state index in [1.54, 1.807) is 6.07 Å². The molecule has 7 N–H and O–H groups in total. The van der Waals surface area contributed by atoms with Gasteiger partial charge in [-0.05, 0) is 35.9 Å². The molecule has 1 aromatic carbocycles. The summed E-state index contributed by atoms with van der Waals surface area (Å²) in [5.41, 5.74) is 19.7. The fraction of sp³-hybridized carbons (Fsp3) is 0.154. The zero-order valence-corrected chi connectivity index (χ0v) is 11.9. The lowest BCUT2D eigenvalue weighted by Gasteiger charge is -2.18. The normalized spacial score (nSPS) is 13.6. The maximum absolute atomic E-state index is 11.4. The van der Waals surface area contributed by atoms with Crippen molar-refractivity contribution in [1.82, 2.24) is 9.97 Å². The molecular formula is C13H14N6OS. The van der Waals surface area contributed by atoms with Gasteiger partial charge in [0, 0.05) is 28.8 Å². The summed E-state index contributed by atoms with van der Waals surface area (Å²) in [7, 11) is 0. The zero-order chi connectivity index (χ0) is 15.0. The first-order valence-electron chi connectivity index (χ1n) is 6.31. The van der Waals surface area contributed by atoms with Crippen LogP contribution < -0.4 is 22.5 Å². The highest BCUT2D eigenvalue weighted by atomic mass is 32.2. The van der Waals surface area contributed by atoms with Gasteiger partial charge in [-0.3, -0.25) is 4.79 Å². The van der Waals surface area contributed by atoms with Crippen LogP contribution in [0.4, 0.5) is 23.0 Å². The van der Waals surface area contributed by atoms with Gasteiger partial charge in [-0.25, -0.2) is 9.97 Å². The van der Waals surface area contributed by atoms with Crippen LogP contribution >= 0.6 is 11.8 Å². The number of carbonyl (C=O) groups is 1. The quantitative estimate of drug-likeness (QED) is 0.484. The third-order valence-corrected chi connectivity index (χ3v) is 4.02. The number of nitrogens with zero attached hydrogens (tertiary/aromatic N) is 2. The Morgan fingerprint density at radius 1 is 1.05 bits per heavy atom. The molecule has 0 bridgehead atoms. The van der Waals surface area contributed by atoms with E-state index >= 15 is 0 Å². The van der Waals surface area contributed by atoms with E-state index in [0.29, 0.717) is 35.3 Å². The summed E-state index contributed by atoms with van der Waals surface area (Å²) in [4.78, 5) is 20.4. The summed E-state index contributed by atoms with van der Waals surface area (Å²) in [6, 6.07) is 5.19. The predicted octanol–water partition coefficient (Wildman–Crippen LogP) is 1.26. The lowest BCUT2D eigenvalue weighted by atomic mass is 10.0. The van der Waals surface area contributed by atoms with Crippen molar-refractivity contribution >= 4 is 40.7 Å². The molecule has 21 heavy (non-hydrogen) atoms. The van der Waals surface area contributed by atoms with E-state index in [1.165, 1.54) is 17.8 Å². The number of hydrogen-bond acceptors (Lipinski definition) is 7. The Morgan fingerprint density at radius 3 is 2.48 bits per heavy atom. The summed E-state index contributed by atoms with van der Waals surface area (Å²) < 4.78 is 0. The maximum Gasteiger partial charge on any atom is 0.224 e. The van der Waals surface area contributed by atoms with E-state index in [4.69, 9.17) is 17.2 Å². The summed E-state index contributed by atoms with van der Waals surface area (Å²) in [6.45, 7) is 0. The largest absolute Gasteiger partial charge is 0.398 e. The number of aryl methyl sites for hydroxylation is 1. The topological polar surface area (TPSA) is 133 Å². The standard InChI is InChI=1S/C13H14N6OS/c14-7-4-8-6(1-2-12(20)17-8)3-9(7)21-13-18-10(15)5-11(16)19-13/h3-5H,1-2,14H2,(H,17,20)(H4,15,16,18,19). The van der Waals surface area contributed by atoms with Crippen molar-refractivity contribution < 1.29 is 4.79 Å². The van der Waals surface area contributed by atoms with Crippen LogP contribution in [0.5, 0.6) is 0 Å². The molecule has 7 nitrogen and oxygen atoms in total. The van der Waals surface area contributed by atoms with Crippen LogP contribution in [-0.2, 0) is 11.2 Å². The predicted molar refractivity (Wildman–Crippen MR) is 82.8 cm³/mol. The summed E-state index contributed by atoms with van der Waals surface area (Å²) in [6.07, 6.45) is 1.16. The van der Waals surface area contributed by atoms with Gasteiger partial charge in [0.05, 0.1) is 0 Å². The van der Waals surface area contributed by atoms with Crippen LogP contribution in [0.3, 0.4) is 0 Å². The highest BCUT2D eigenvalue weighted by Gasteiger charge is 2.17. The zero-order valence-electron chi connectivity index (χ0n) is 11.1. The summed E-state index contributed by atoms with van der Waals surface area (Å²) >= 11 is 1.30. The Labute approximate surface area is 125 Å². The highest BCUT2D eigenvalue weighted by molar-refractivity contribution is 7.99. The minimum Gasteiger partial charge on any atom is -0.398 e. The summed E-state index contributed by atoms with van der Waals surface area (Å²) in [5.74, 6) is 0.636. The van der Waals surface area contributed by atoms with Gasteiger partial charge in [0.1, 0.15) is 11.6 Å². The van der Waals surface area contributed by atoms with E-state index in [2.05, 4.69) is 15.3 Å². The molecule has 2 heterocycles. The number of nitrogens with one attached hydrogen (secondary N) is 1. The van der Waals surface area contributed by atoms with Gasteiger partial charge in [-0.1, -0.05) is 0 Å². The second kappa shape index (κ2) is 5.13. The number of anilines is 4. The molecule has 0 saturated carbocycles. The lowest BCUT2D eigenvalue weighted by molar-refractivity contribution is -0.116. The third-order valence-electron chi connectivity index (χ3n) is 3.08. The fourth-order valence-corrected chi connectivity index (χ4v) is 2.99. The van der Waals surface area contributed by atoms with Crippen molar-refractivity contribution in [3.63, 3.8) is 0 Å². The van der Waals surface area contributed by atoms with E-state index in [0.717, 1.165) is 16.1 Å². The van der Waals surface area contributed by atoms with E-state index in [9.17, 15) is 4.79 Å². The molecule has 0 saturated heterocycles. The smallest absolute Gasteiger partial charge is 0.224 e. The molecule has 108 valence electrons. The molecule has 1 aliphatic rings. The van der Waals surface area contributed by atoms with Crippen LogP contribution in [0.25, 0.3) is 0 Å². The van der Waals surface area contributed by atoms with Crippen LogP contribution in [0.2, 0.25) is 0 Å². The molecule has 0 atom stereocenters. The van der Waals surface area contributed by atoms with Crippen LogP contribution in [0, 0.1) is 0 Å². The van der Waals surface area contributed by atoms with Crippen LogP contribution in [-0.4, -0.2) is 15.9 Å². The van der Waals surface area contributed by atoms with E-state index in [-0.39, 0.29) is 5.91 Å². The Balaban J connectivity index is 1.94. The Hall–Kier alpha value is -2.48. The van der Waals surface area contributed by atoms with Gasteiger partial charge < -0.3 is 22.5 Å². The maximum atomic E-state index is 11.4. The van der Waals surface area contributed by atoms with Crippen molar-refractivity contribution in [3.8, 4) is 0 Å². The molecule has 0 aliphatic carbocycles. The molecule has 8 heteroatoms. The minimum atomic E-state index is 0.00856. The second-order valence-corrected chi connectivity index (χ2v) is 5.71. The number of benzene rings is 1. The minimum absolute atomic E-state index is 0.00856. The first kappa shape index (κ1) is 13.5. The van der Waals surface area contributed by atoms with E-state index in [1.807, 2.05) is 6.07 Å². The third kappa shape index (κ3) is 2.84. The summed E-state index contributed by atoms with van der Waals surface area (Å²) in [5, 5.41) is 3.25. The molecule has 0 spiro atoms. The van der Waals surface area contributed by atoms with Crippen molar-refractivity contribution in [2.45, 2.75) is 22.9 Å². The second-order valence-electron chi connectivity index (χ2n) is 4.70. The number of amides is 1.